The van der Waals surface area contributed by atoms with E-state index in [1.54, 1.807) is 0 Å². The van der Waals surface area contributed by atoms with Crippen molar-refractivity contribution in [3.63, 3.8) is 0 Å². The highest BCUT2D eigenvalue weighted by Crippen LogP contribution is 2.12. The van der Waals surface area contributed by atoms with Crippen molar-refractivity contribution in [1.29, 1.82) is 0 Å². The fraction of sp³-hybridized carbons (Fsp3) is 0.800. The molecule has 0 aliphatic heterocycles. The Kier molecular flexibility index (Phi) is 3.94. The van der Waals surface area contributed by atoms with Crippen LogP contribution in [0.1, 0.15) is 0 Å². The van der Waals surface area contributed by atoms with E-state index >= 15 is 0 Å². The second kappa shape index (κ2) is 4.24. The van der Waals surface area contributed by atoms with E-state index in [1.807, 2.05) is 0 Å². The van der Waals surface area contributed by atoms with E-state index in [2.05, 4.69) is 0 Å². The van der Waals surface area contributed by atoms with Gasteiger partial charge in [0.25, 0.3) is 0 Å². The second-order valence-electron chi connectivity index (χ2n) is 2.04. The number of hydrogen-bond acceptors (Lipinski definition) is 2. The first-order chi connectivity index (χ1) is 5.37. The molecule has 0 rings (SSSR count). The summed E-state index contributed by atoms with van der Waals surface area (Å²) in [5, 5.41) is 9.61. The van der Waals surface area contributed by atoms with Crippen molar-refractivity contribution in [2.24, 2.45) is 0 Å². The molecule has 12 heavy (non-hydrogen) atoms. The van der Waals surface area contributed by atoms with Gasteiger partial charge < -0.3 is 5.11 Å². The molecule has 0 aromatic carbocycles. The number of hydrogen-bond donors (Lipinski definition) is 2. The molecule has 3 nitrogen and oxygen atoms in total. The Morgan fingerprint density at radius 3 is 2.25 bits per heavy atom. The molecule has 72 valence electrons. The maximum Gasteiger partial charge on any atom is 0.401 e. The number of nitrogens with one attached hydrogen (secondary N) is 1. The third kappa shape index (κ3) is 4.89. The molecule has 0 aromatic rings. The summed E-state index contributed by atoms with van der Waals surface area (Å²) in [6.07, 6.45) is -4.52. The number of carbonyl (C=O) groups is 1. The summed E-state index contributed by atoms with van der Waals surface area (Å²) >= 11 is 0. The molecule has 7 heteroatoms. The second-order valence-corrected chi connectivity index (χ2v) is 2.04. The van der Waals surface area contributed by atoms with E-state index in [9.17, 15) is 22.4 Å². The summed E-state index contributed by atoms with van der Waals surface area (Å²) in [6, 6.07) is -1.79. The number of rotatable bonds is 4. The molecule has 0 aliphatic rings. The van der Waals surface area contributed by atoms with E-state index in [-0.39, 0.29) is 0 Å². The van der Waals surface area contributed by atoms with Gasteiger partial charge in [-0.2, -0.15) is 13.2 Å². The molecule has 0 fully saturated rings. The first-order valence-corrected chi connectivity index (χ1v) is 2.95. The maximum atomic E-state index is 11.7. The third-order valence-electron chi connectivity index (χ3n) is 1.00. The van der Waals surface area contributed by atoms with Gasteiger partial charge in [-0.15, -0.1) is 0 Å². The van der Waals surface area contributed by atoms with E-state index in [0.717, 1.165) is 0 Å². The van der Waals surface area contributed by atoms with Crippen LogP contribution in [0.25, 0.3) is 0 Å². The van der Waals surface area contributed by atoms with Crippen LogP contribution in [-0.2, 0) is 4.79 Å². The van der Waals surface area contributed by atoms with E-state index < -0.39 is 31.4 Å². The molecule has 0 spiro atoms. The van der Waals surface area contributed by atoms with Gasteiger partial charge in [-0.1, -0.05) is 0 Å². The smallest absolute Gasteiger partial charge is 0.401 e. The Bertz CT molecular complexity index is 158. The molecule has 0 bridgehead atoms. The largest absolute Gasteiger partial charge is 0.480 e. The van der Waals surface area contributed by atoms with Crippen molar-refractivity contribution in [3.05, 3.63) is 0 Å². The highest BCUT2D eigenvalue weighted by Gasteiger charge is 2.29. The summed E-state index contributed by atoms with van der Waals surface area (Å²) in [5.74, 6) is -1.64. The average Bonchev–Trinajstić information content (AvgIpc) is 1.85. The maximum absolute atomic E-state index is 11.7. The zero-order chi connectivity index (χ0) is 9.78. The Morgan fingerprint density at radius 1 is 1.50 bits per heavy atom. The molecule has 0 saturated carbocycles. The Hall–Kier alpha value is -0.850. The number of alkyl halides is 4. The molecule has 0 aromatic heterocycles. The van der Waals surface area contributed by atoms with E-state index in [0.29, 0.717) is 0 Å². The first kappa shape index (κ1) is 11.2. The van der Waals surface area contributed by atoms with Crippen LogP contribution in [0, 0.1) is 0 Å². The van der Waals surface area contributed by atoms with Gasteiger partial charge in [-0.3, -0.25) is 10.1 Å². The topological polar surface area (TPSA) is 49.3 Å². The van der Waals surface area contributed by atoms with Gasteiger partial charge in [0.15, 0.2) is 0 Å². The lowest BCUT2D eigenvalue weighted by Gasteiger charge is -2.12. The SMILES string of the molecule is O=C(O)C(CF)NCC(F)(F)F. The van der Waals surface area contributed by atoms with Gasteiger partial charge in [-0.05, 0) is 0 Å². The predicted octanol–water partition coefficient (Wildman–Crippen LogP) is 0.561. The minimum absolute atomic E-state index is 1.37. The normalized spacial score (nSPS) is 14.3. The highest BCUT2D eigenvalue weighted by atomic mass is 19.4. The first-order valence-electron chi connectivity index (χ1n) is 2.95. The Balaban J connectivity index is 3.81. The molecule has 0 saturated heterocycles. The zero-order valence-electron chi connectivity index (χ0n) is 5.86. The molecule has 0 amide bonds. The molecular weight excluding hydrogens is 182 g/mol. The fourth-order valence-electron chi connectivity index (χ4n) is 0.447. The number of carboxylic acid groups (broad SMARTS) is 1. The molecule has 1 unspecified atom stereocenters. The summed E-state index contributed by atoms with van der Waals surface area (Å²) in [7, 11) is 0. The van der Waals surface area contributed by atoms with Gasteiger partial charge in [0.1, 0.15) is 12.7 Å². The average molecular weight is 189 g/mol. The lowest BCUT2D eigenvalue weighted by atomic mass is 10.3. The van der Waals surface area contributed by atoms with Crippen LogP contribution in [-0.4, -0.2) is 36.5 Å². The minimum atomic E-state index is -4.52. The Morgan fingerprint density at radius 2 is 2.00 bits per heavy atom. The minimum Gasteiger partial charge on any atom is -0.480 e. The molecule has 0 radical (unpaired) electrons. The summed E-state index contributed by atoms with van der Waals surface area (Å²) in [5.41, 5.74) is 0. The lowest BCUT2D eigenvalue weighted by molar-refractivity contribution is -0.143. The predicted molar refractivity (Wildman–Crippen MR) is 31.5 cm³/mol. The van der Waals surface area contributed by atoms with Crippen LogP contribution in [0.15, 0.2) is 0 Å². The number of carboxylic acids is 1. The van der Waals surface area contributed by atoms with Crippen LogP contribution in [0.3, 0.4) is 0 Å². The molecule has 1 atom stereocenters. The van der Waals surface area contributed by atoms with Crippen molar-refractivity contribution >= 4 is 5.97 Å². The van der Waals surface area contributed by atoms with Crippen molar-refractivity contribution in [2.45, 2.75) is 12.2 Å². The molecule has 2 N–H and O–H groups in total. The molecule has 0 heterocycles. The lowest BCUT2D eigenvalue weighted by Crippen LogP contribution is -2.43. The van der Waals surface area contributed by atoms with Crippen molar-refractivity contribution < 1.29 is 27.5 Å². The van der Waals surface area contributed by atoms with Gasteiger partial charge in [0, 0.05) is 0 Å². The molecular formula is C5H7F4NO2. The van der Waals surface area contributed by atoms with Crippen molar-refractivity contribution in [2.75, 3.05) is 13.2 Å². The van der Waals surface area contributed by atoms with Gasteiger partial charge in [0.05, 0.1) is 6.54 Å². The quantitative estimate of drug-likeness (QED) is 0.635. The Labute approximate surface area is 65.4 Å². The van der Waals surface area contributed by atoms with E-state index in [4.69, 9.17) is 5.11 Å². The summed E-state index contributed by atoms with van der Waals surface area (Å²) in [4.78, 5) is 9.98. The number of aliphatic carboxylic acids is 1. The van der Waals surface area contributed by atoms with Crippen LogP contribution in [0.2, 0.25) is 0 Å². The van der Waals surface area contributed by atoms with Crippen LogP contribution >= 0.6 is 0 Å². The summed E-state index contributed by atoms with van der Waals surface area (Å²) < 4.78 is 46.0. The summed E-state index contributed by atoms with van der Waals surface area (Å²) in [6.45, 7) is -2.88. The van der Waals surface area contributed by atoms with Gasteiger partial charge in [-0.25, -0.2) is 4.39 Å². The molecule has 0 aliphatic carbocycles. The van der Waals surface area contributed by atoms with Crippen LogP contribution in [0.5, 0.6) is 0 Å². The van der Waals surface area contributed by atoms with Crippen LogP contribution in [0.4, 0.5) is 17.6 Å². The number of halogens is 4. The van der Waals surface area contributed by atoms with Gasteiger partial charge >= 0.3 is 12.1 Å². The third-order valence-corrected chi connectivity index (χ3v) is 1.00. The van der Waals surface area contributed by atoms with Crippen molar-refractivity contribution in [3.8, 4) is 0 Å². The monoisotopic (exact) mass is 189 g/mol. The standard InChI is InChI=1S/C5H7F4NO2/c6-1-3(4(11)12)10-2-5(7,8)9/h3,10H,1-2H2,(H,11,12). The van der Waals surface area contributed by atoms with E-state index in [1.165, 1.54) is 5.32 Å². The van der Waals surface area contributed by atoms with Crippen molar-refractivity contribution in [1.82, 2.24) is 5.32 Å². The fourth-order valence-corrected chi connectivity index (χ4v) is 0.447. The van der Waals surface area contributed by atoms with Crippen LogP contribution < -0.4 is 5.32 Å². The van der Waals surface area contributed by atoms with Gasteiger partial charge in [0.2, 0.25) is 0 Å². The zero-order valence-corrected chi connectivity index (χ0v) is 5.86. The highest BCUT2D eigenvalue weighted by molar-refractivity contribution is 5.73.